The molecule has 1 aromatic carbocycles. The fourth-order valence-corrected chi connectivity index (χ4v) is 5.80. The number of sulfonamides is 1. The summed E-state index contributed by atoms with van der Waals surface area (Å²) < 4.78 is 37.6. The predicted octanol–water partition coefficient (Wildman–Crippen LogP) is -1.82. The van der Waals surface area contributed by atoms with Crippen LogP contribution >= 0.6 is 0 Å². The van der Waals surface area contributed by atoms with Crippen molar-refractivity contribution in [2.24, 2.45) is 0 Å². The third kappa shape index (κ3) is 5.44. The molecular weight excluding hydrogens is 454 g/mol. The smallest absolute Gasteiger partial charge is 0.293 e. The Kier molecular flexibility index (Phi) is 7.44. The molecule has 4 rings (SSSR count). The molecule has 0 unspecified atom stereocenters. The molecule has 13 heteroatoms. The highest BCUT2D eigenvalue weighted by Crippen LogP contribution is 2.32. The molecule has 3 fully saturated rings. The molecule has 3 aliphatic heterocycles. The normalized spacial score (nSPS) is 21.2. The molecule has 3 heterocycles. The predicted molar refractivity (Wildman–Crippen MR) is 118 cm³/mol. The number of carbonyl (C=O) groups excluding carboxylic acids is 1. The number of carbonyl (C=O) groups is 1. The number of ether oxygens (including phenoxy) is 2. The van der Waals surface area contributed by atoms with Gasteiger partial charge in [0.15, 0.2) is 6.54 Å². The van der Waals surface area contributed by atoms with Gasteiger partial charge in [-0.25, -0.2) is 8.42 Å². The van der Waals surface area contributed by atoms with Crippen LogP contribution in [-0.4, -0.2) is 114 Å². The van der Waals surface area contributed by atoms with Crippen molar-refractivity contribution in [3.05, 3.63) is 28.3 Å². The standard InChI is InChI=1S/C20H29N5O7S/c26-20(16-21-7-11-31-12-8-21)23-5-3-22(4-6-23)18-2-1-17(15-19(18)25(27)28)33(29,30)24-9-13-32-14-10-24/h1-2,15H,3-14,16H2/p+1. The summed E-state index contributed by atoms with van der Waals surface area (Å²) in [6.07, 6.45) is 0. The van der Waals surface area contributed by atoms with Crippen LogP contribution in [0.3, 0.4) is 0 Å². The van der Waals surface area contributed by atoms with Crippen LogP contribution < -0.4 is 9.80 Å². The maximum atomic E-state index is 12.9. The maximum absolute atomic E-state index is 12.9. The van der Waals surface area contributed by atoms with Crippen LogP contribution in [-0.2, 0) is 24.3 Å². The number of hydrogen-bond acceptors (Lipinski definition) is 8. The van der Waals surface area contributed by atoms with E-state index in [1.54, 1.807) is 4.90 Å². The molecule has 0 saturated carbocycles. The fraction of sp³-hybridized carbons (Fsp3) is 0.650. The van der Waals surface area contributed by atoms with Crippen LogP contribution in [0.15, 0.2) is 23.1 Å². The molecule has 182 valence electrons. The third-order valence-electron chi connectivity index (χ3n) is 6.33. The summed E-state index contributed by atoms with van der Waals surface area (Å²) >= 11 is 0. The number of piperazine rings is 1. The Morgan fingerprint density at radius 2 is 1.64 bits per heavy atom. The minimum atomic E-state index is -3.83. The first-order valence-corrected chi connectivity index (χ1v) is 12.6. The molecule has 0 bridgehead atoms. The fourth-order valence-electron chi connectivity index (χ4n) is 4.37. The quantitative estimate of drug-likeness (QED) is 0.369. The van der Waals surface area contributed by atoms with Gasteiger partial charge in [0.2, 0.25) is 10.0 Å². The zero-order chi connectivity index (χ0) is 23.4. The van der Waals surface area contributed by atoms with Gasteiger partial charge in [0, 0.05) is 45.3 Å². The summed E-state index contributed by atoms with van der Waals surface area (Å²) in [4.78, 5) is 28.6. The van der Waals surface area contributed by atoms with E-state index in [0.29, 0.717) is 64.8 Å². The first-order valence-electron chi connectivity index (χ1n) is 11.2. The van der Waals surface area contributed by atoms with Gasteiger partial charge in [-0.3, -0.25) is 14.9 Å². The molecule has 0 aromatic heterocycles. The molecule has 3 saturated heterocycles. The Labute approximate surface area is 192 Å². The first-order chi connectivity index (χ1) is 15.9. The number of nitrogens with one attached hydrogen (secondary N) is 1. The van der Waals surface area contributed by atoms with Gasteiger partial charge >= 0.3 is 0 Å². The van der Waals surface area contributed by atoms with E-state index in [9.17, 15) is 23.3 Å². The maximum Gasteiger partial charge on any atom is 0.293 e. The second-order valence-corrected chi connectivity index (χ2v) is 10.3. The number of nitro groups is 1. The van der Waals surface area contributed by atoms with E-state index < -0.39 is 14.9 Å². The highest BCUT2D eigenvalue weighted by atomic mass is 32.2. The molecule has 33 heavy (non-hydrogen) atoms. The molecule has 12 nitrogen and oxygen atoms in total. The number of amides is 1. The van der Waals surface area contributed by atoms with E-state index in [4.69, 9.17) is 9.47 Å². The number of nitro benzene ring substituents is 1. The van der Waals surface area contributed by atoms with Crippen molar-refractivity contribution in [1.82, 2.24) is 9.21 Å². The van der Waals surface area contributed by atoms with Crippen LogP contribution in [0.4, 0.5) is 11.4 Å². The Hall–Kier alpha value is -2.32. The zero-order valence-electron chi connectivity index (χ0n) is 18.5. The second kappa shape index (κ2) is 10.3. The number of rotatable bonds is 6. The summed E-state index contributed by atoms with van der Waals surface area (Å²) in [6.45, 7) is 6.26. The zero-order valence-corrected chi connectivity index (χ0v) is 19.3. The molecule has 1 N–H and O–H groups in total. The van der Waals surface area contributed by atoms with Crippen LogP contribution in [0.1, 0.15) is 0 Å². The molecular formula is C20H30N5O7S+. The van der Waals surface area contributed by atoms with E-state index in [1.807, 2.05) is 4.90 Å². The number of nitrogens with zero attached hydrogens (tertiary/aromatic N) is 4. The van der Waals surface area contributed by atoms with Crippen molar-refractivity contribution in [1.29, 1.82) is 0 Å². The molecule has 1 aromatic rings. The van der Waals surface area contributed by atoms with Gasteiger partial charge in [0.1, 0.15) is 18.8 Å². The monoisotopic (exact) mass is 484 g/mol. The summed E-state index contributed by atoms with van der Waals surface area (Å²) in [6, 6.07) is 4.06. The summed E-state index contributed by atoms with van der Waals surface area (Å²) in [5.74, 6) is 0.0769. The molecule has 1 amide bonds. The molecule has 0 atom stereocenters. The van der Waals surface area contributed by atoms with Gasteiger partial charge in [-0.1, -0.05) is 0 Å². The Morgan fingerprint density at radius 1 is 1.00 bits per heavy atom. The first kappa shape index (κ1) is 23.8. The minimum Gasteiger partial charge on any atom is -0.379 e. The van der Waals surface area contributed by atoms with Crippen molar-refractivity contribution < 1.29 is 32.5 Å². The lowest BCUT2D eigenvalue weighted by Crippen LogP contribution is -3.15. The van der Waals surface area contributed by atoms with Crippen LogP contribution in [0, 0.1) is 10.1 Å². The lowest BCUT2D eigenvalue weighted by molar-refractivity contribution is -0.900. The van der Waals surface area contributed by atoms with Gasteiger partial charge in [-0.05, 0) is 12.1 Å². The molecule has 0 radical (unpaired) electrons. The molecule has 0 aliphatic carbocycles. The van der Waals surface area contributed by atoms with E-state index in [1.165, 1.54) is 21.3 Å². The number of hydrogen-bond donors (Lipinski definition) is 1. The number of morpholine rings is 2. The lowest BCUT2D eigenvalue weighted by atomic mass is 10.2. The van der Waals surface area contributed by atoms with Crippen molar-refractivity contribution in [3.8, 4) is 0 Å². The Balaban J connectivity index is 1.43. The highest BCUT2D eigenvalue weighted by molar-refractivity contribution is 7.89. The van der Waals surface area contributed by atoms with Gasteiger partial charge in [-0.15, -0.1) is 0 Å². The number of quaternary nitrogens is 1. The van der Waals surface area contributed by atoms with Crippen molar-refractivity contribution >= 4 is 27.3 Å². The Bertz CT molecular complexity index is 969. The minimum absolute atomic E-state index is 0.0769. The Morgan fingerprint density at radius 3 is 2.27 bits per heavy atom. The molecule has 3 aliphatic rings. The van der Waals surface area contributed by atoms with Gasteiger partial charge < -0.3 is 24.2 Å². The summed E-state index contributed by atoms with van der Waals surface area (Å²) in [7, 11) is -3.83. The average Bonchev–Trinajstić information content (AvgIpc) is 2.85. The molecule has 0 spiro atoms. The van der Waals surface area contributed by atoms with Crippen molar-refractivity contribution in [2.45, 2.75) is 4.90 Å². The number of benzene rings is 1. The third-order valence-corrected chi connectivity index (χ3v) is 8.22. The van der Waals surface area contributed by atoms with Crippen LogP contribution in [0.5, 0.6) is 0 Å². The highest BCUT2D eigenvalue weighted by Gasteiger charge is 2.32. The van der Waals surface area contributed by atoms with Gasteiger partial charge in [0.05, 0.1) is 36.2 Å². The second-order valence-electron chi connectivity index (χ2n) is 8.33. The van der Waals surface area contributed by atoms with Crippen molar-refractivity contribution in [3.63, 3.8) is 0 Å². The van der Waals surface area contributed by atoms with Crippen LogP contribution in [0.2, 0.25) is 0 Å². The topological polar surface area (TPSA) is 127 Å². The largest absolute Gasteiger partial charge is 0.379 e. The van der Waals surface area contributed by atoms with Crippen molar-refractivity contribution in [2.75, 3.05) is 90.2 Å². The average molecular weight is 485 g/mol. The summed E-state index contributed by atoms with van der Waals surface area (Å²) in [5, 5.41) is 11.8. The number of anilines is 1. The van der Waals surface area contributed by atoms with Gasteiger partial charge in [-0.2, -0.15) is 4.31 Å². The SMILES string of the molecule is O=C(C[NH+]1CCOCC1)N1CCN(c2ccc(S(=O)(=O)N3CCOCC3)cc2[N+](=O)[O-])CC1. The van der Waals surface area contributed by atoms with Crippen LogP contribution in [0.25, 0.3) is 0 Å². The lowest BCUT2D eigenvalue weighted by Gasteiger charge is -2.36. The van der Waals surface area contributed by atoms with E-state index in [-0.39, 0.29) is 29.6 Å². The van der Waals surface area contributed by atoms with Gasteiger partial charge in [0.25, 0.3) is 11.6 Å². The van der Waals surface area contributed by atoms with E-state index >= 15 is 0 Å². The van der Waals surface area contributed by atoms with E-state index in [2.05, 4.69) is 0 Å². The van der Waals surface area contributed by atoms with E-state index in [0.717, 1.165) is 19.2 Å². The summed E-state index contributed by atoms with van der Waals surface area (Å²) in [5.41, 5.74) is 0.119.